The quantitative estimate of drug-likeness (QED) is 0.643. The molecule has 2 aromatic rings. The molecule has 0 aliphatic heterocycles. The maximum Gasteiger partial charge on any atom is 0.256 e. The van der Waals surface area contributed by atoms with Crippen molar-refractivity contribution in [2.45, 2.75) is 0 Å². The fourth-order valence-corrected chi connectivity index (χ4v) is 2.61. The monoisotopic (exact) mass is 480 g/mol. The molecule has 0 radical (unpaired) electrons. The van der Waals surface area contributed by atoms with Crippen LogP contribution in [0.2, 0.25) is 0 Å². The van der Waals surface area contributed by atoms with E-state index in [4.69, 9.17) is 0 Å². The second-order valence-corrected chi connectivity index (χ2v) is 6.39. The van der Waals surface area contributed by atoms with Gasteiger partial charge in [0.15, 0.2) is 0 Å². The molecule has 1 N–H and O–H groups in total. The summed E-state index contributed by atoms with van der Waals surface area (Å²) in [6, 6.07) is 7.36. The number of rotatable bonds is 2. The van der Waals surface area contributed by atoms with Gasteiger partial charge in [0.2, 0.25) is 0 Å². The smallest absolute Gasteiger partial charge is 0.256 e. The van der Waals surface area contributed by atoms with E-state index in [0.29, 0.717) is 11.3 Å². The molecule has 1 amide bonds. The normalized spacial score (nSPS) is 10.2. The molecule has 1 aromatic carbocycles. The summed E-state index contributed by atoms with van der Waals surface area (Å²) in [6.07, 6.45) is 3.27. The molecule has 2 rings (SSSR count). The highest BCUT2D eigenvalue weighted by molar-refractivity contribution is 14.1. The van der Waals surface area contributed by atoms with Gasteiger partial charge in [0, 0.05) is 20.4 Å². The lowest BCUT2D eigenvalue weighted by Crippen LogP contribution is -2.13. The number of amides is 1. The molecule has 0 aliphatic carbocycles. The van der Waals surface area contributed by atoms with Gasteiger partial charge in [0.25, 0.3) is 5.91 Å². The summed E-state index contributed by atoms with van der Waals surface area (Å²) in [5.74, 6) is -0.160. The van der Waals surface area contributed by atoms with Gasteiger partial charge in [-0.2, -0.15) is 0 Å². The molecule has 1 heterocycles. The average molecular weight is 482 g/mol. The number of hydrogen-bond donors (Lipinski definition) is 1. The van der Waals surface area contributed by atoms with E-state index in [1.807, 2.05) is 18.2 Å². The van der Waals surface area contributed by atoms with Crippen molar-refractivity contribution >= 4 is 66.0 Å². The third-order valence-electron chi connectivity index (χ3n) is 2.19. The van der Waals surface area contributed by atoms with E-state index in [0.717, 1.165) is 12.5 Å². The molecule has 0 aliphatic rings. The zero-order chi connectivity index (χ0) is 13.1. The lowest BCUT2D eigenvalue weighted by Gasteiger charge is -2.08. The number of nitrogens with zero attached hydrogens (tertiary/aromatic N) is 1. The summed E-state index contributed by atoms with van der Waals surface area (Å²) >= 11 is 8.89. The highest BCUT2D eigenvalue weighted by atomic mass is 127. The van der Waals surface area contributed by atoms with Crippen molar-refractivity contribution in [1.29, 1.82) is 0 Å². The van der Waals surface area contributed by atoms with Crippen LogP contribution in [0.4, 0.5) is 5.69 Å². The van der Waals surface area contributed by atoms with E-state index < -0.39 is 0 Å². The Bertz CT molecular complexity index is 604. The van der Waals surface area contributed by atoms with Crippen molar-refractivity contribution in [3.05, 3.63) is 54.7 Å². The zero-order valence-electron chi connectivity index (χ0n) is 8.95. The van der Waals surface area contributed by atoms with Gasteiger partial charge in [-0.25, -0.2) is 0 Å². The van der Waals surface area contributed by atoms with Gasteiger partial charge in [-0.1, -0.05) is 0 Å². The van der Waals surface area contributed by atoms with Crippen molar-refractivity contribution in [2.24, 2.45) is 0 Å². The standard InChI is InChI=1S/C12H7Br2IN2O/c13-9-2-1-7(15)5-8(9)12(18)17-11-3-4-16-6-10(11)14/h1-6H,(H,16,17,18). The highest BCUT2D eigenvalue weighted by Crippen LogP contribution is 2.24. The van der Waals surface area contributed by atoms with Crippen LogP contribution in [0.5, 0.6) is 0 Å². The molecule has 18 heavy (non-hydrogen) atoms. The molecular formula is C12H7Br2IN2O. The highest BCUT2D eigenvalue weighted by Gasteiger charge is 2.12. The van der Waals surface area contributed by atoms with Crippen LogP contribution in [0.15, 0.2) is 45.6 Å². The molecule has 0 bridgehead atoms. The first-order valence-electron chi connectivity index (χ1n) is 4.94. The van der Waals surface area contributed by atoms with E-state index in [1.165, 1.54) is 0 Å². The Morgan fingerprint density at radius 3 is 2.72 bits per heavy atom. The van der Waals surface area contributed by atoms with Crippen LogP contribution in [-0.2, 0) is 0 Å². The minimum atomic E-state index is -0.160. The number of carbonyl (C=O) groups is 1. The molecule has 1 aromatic heterocycles. The van der Waals surface area contributed by atoms with Crippen molar-refractivity contribution < 1.29 is 4.79 Å². The van der Waals surface area contributed by atoms with Crippen LogP contribution in [0.25, 0.3) is 0 Å². The van der Waals surface area contributed by atoms with Crippen molar-refractivity contribution in [3.63, 3.8) is 0 Å². The molecule has 0 spiro atoms. The Labute approximate surface area is 135 Å². The van der Waals surface area contributed by atoms with Crippen LogP contribution in [0, 0.1) is 3.57 Å². The number of halogens is 3. The van der Waals surface area contributed by atoms with Gasteiger partial charge in [-0.15, -0.1) is 0 Å². The van der Waals surface area contributed by atoms with E-state index in [1.54, 1.807) is 18.5 Å². The van der Waals surface area contributed by atoms with Crippen molar-refractivity contribution in [1.82, 2.24) is 4.98 Å². The summed E-state index contributed by atoms with van der Waals surface area (Å²) in [4.78, 5) is 16.1. The van der Waals surface area contributed by atoms with E-state index in [9.17, 15) is 4.79 Å². The lowest BCUT2D eigenvalue weighted by molar-refractivity contribution is 0.102. The third-order valence-corrected chi connectivity index (χ3v) is 4.19. The predicted molar refractivity (Wildman–Crippen MR) is 86.7 cm³/mol. The minimum absolute atomic E-state index is 0.160. The number of nitrogens with one attached hydrogen (secondary N) is 1. The molecule has 6 heteroatoms. The summed E-state index contributed by atoms with van der Waals surface area (Å²) in [6.45, 7) is 0. The number of aromatic nitrogens is 1. The second-order valence-electron chi connectivity index (χ2n) is 3.43. The van der Waals surface area contributed by atoms with E-state index in [-0.39, 0.29) is 5.91 Å². The predicted octanol–water partition coefficient (Wildman–Crippen LogP) is 4.46. The Kier molecular flexibility index (Phi) is 4.74. The first-order chi connectivity index (χ1) is 8.58. The van der Waals surface area contributed by atoms with Crippen LogP contribution in [0.1, 0.15) is 10.4 Å². The maximum absolute atomic E-state index is 12.2. The van der Waals surface area contributed by atoms with E-state index in [2.05, 4.69) is 64.8 Å². The number of anilines is 1. The number of pyridine rings is 1. The minimum Gasteiger partial charge on any atom is -0.321 e. The molecule has 0 atom stereocenters. The van der Waals surface area contributed by atoms with Gasteiger partial charge >= 0.3 is 0 Å². The lowest BCUT2D eigenvalue weighted by atomic mass is 10.2. The number of carbonyl (C=O) groups excluding carboxylic acids is 1. The number of benzene rings is 1. The summed E-state index contributed by atoms with van der Waals surface area (Å²) in [5, 5.41) is 2.84. The molecule has 92 valence electrons. The van der Waals surface area contributed by atoms with Crippen LogP contribution in [-0.4, -0.2) is 10.9 Å². The molecule has 0 saturated heterocycles. The van der Waals surface area contributed by atoms with Crippen LogP contribution >= 0.6 is 54.5 Å². The Morgan fingerprint density at radius 1 is 1.22 bits per heavy atom. The fourth-order valence-electron chi connectivity index (χ4n) is 1.34. The first kappa shape index (κ1) is 14.0. The first-order valence-corrected chi connectivity index (χ1v) is 7.60. The average Bonchev–Trinajstić information content (AvgIpc) is 2.35. The second kappa shape index (κ2) is 6.12. The van der Waals surface area contributed by atoms with Gasteiger partial charge in [-0.05, 0) is 78.7 Å². The summed E-state index contributed by atoms with van der Waals surface area (Å²) in [5.41, 5.74) is 1.30. The van der Waals surface area contributed by atoms with E-state index >= 15 is 0 Å². The maximum atomic E-state index is 12.2. The zero-order valence-corrected chi connectivity index (χ0v) is 14.3. The van der Waals surface area contributed by atoms with Crippen LogP contribution < -0.4 is 5.32 Å². The SMILES string of the molecule is O=C(Nc1ccncc1Br)c1cc(I)ccc1Br. The van der Waals surface area contributed by atoms with Crippen molar-refractivity contribution in [2.75, 3.05) is 5.32 Å². The van der Waals surface area contributed by atoms with Crippen molar-refractivity contribution in [3.8, 4) is 0 Å². The Morgan fingerprint density at radius 2 is 2.00 bits per heavy atom. The molecule has 0 unspecified atom stereocenters. The Balaban J connectivity index is 2.28. The summed E-state index contributed by atoms with van der Waals surface area (Å²) in [7, 11) is 0. The van der Waals surface area contributed by atoms with Gasteiger partial charge < -0.3 is 5.32 Å². The third kappa shape index (κ3) is 3.30. The fraction of sp³-hybridized carbons (Fsp3) is 0. The molecular weight excluding hydrogens is 475 g/mol. The molecule has 0 saturated carbocycles. The topological polar surface area (TPSA) is 42.0 Å². The van der Waals surface area contributed by atoms with Gasteiger partial charge in [0.1, 0.15) is 0 Å². The Hall–Kier alpha value is -0.470. The van der Waals surface area contributed by atoms with Crippen LogP contribution in [0.3, 0.4) is 0 Å². The number of hydrogen-bond acceptors (Lipinski definition) is 2. The summed E-state index contributed by atoms with van der Waals surface area (Å²) < 4.78 is 2.53. The molecule has 0 fully saturated rings. The molecule has 3 nitrogen and oxygen atoms in total. The largest absolute Gasteiger partial charge is 0.321 e. The van der Waals surface area contributed by atoms with Gasteiger partial charge in [0.05, 0.1) is 15.7 Å². The van der Waals surface area contributed by atoms with Gasteiger partial charge in [-0.3, -0.25) is 9.78 Å².